The van der Waals surface area contributed by atoms with Crippen molar-refractivity contribution in [2.75, 3.05) is 13.3 Å². The summed E-state index contributed by atoms with van der Waals surface area (Å²) in [6.45, 7) is 3.64. The minimum atomic E-state index is -2.41. The molecule has 0 aliphatic heterocycles. The van der Waals surface area contributed by atoms with Crippen LogP contribution in [0.5, 0.6) is 0 Å². The molecule has 3 nitrogen and oxygen atoms in total. The molecule has 9 rings (SSSR count). The molecule has 0 fully saturated rings. The highest BCUT2D eigenvalue weighted by Crippen LogP contribution is 2.46. The highest BCUT2D eigenvalue weighted by Gasteiger charge is 2.19. The normalized spacial score (nSPS) is 12.6. The second-order valence-electron chi connectivity index (χ2n) is 15.4. The zero-order chi connectivity index (χ0) is 39.6. The molecule has 0 amide bonds. The van der Waals surface area contributed by atoms with Crippen molar-refractivity contribution >= 4 is 50.5 Å². The topological polar surface area (TPSA) is 55.1 Å². The lowest BCUT2D eigenvalue weighted by molar-refractivity contribution is 0.588. The van der Waals surface area contributed by atoms with Crippen LogP contribution < -0.4 is 16.4 Å². The molecule has 0 heterocycles. The minimum Gasteiger partial charge on any atom is -0.366 e. The van der Waals surface area contributed by atoms with E-state index in [1.807, 2.05) is 55.8 Å². The number of nitrogens with two attached hydrogens (primary N) is 1. The van der Waals surface area contributed by atoms with Crippen LogP contribution in [-0.2, 0) is 11.0 Å². The first-order valence-electron chi connectivity index (χ1n) is 19.9. The van der Waals surface area contributed by atoms with E-state index < -0.39 is 13.3 Å². The van der Waals surface area contributed by atoms with Crippen molar-refractivity contribution in [1.82, 2.24) is 5.32 Å². The molecule has 0 aliphatic carbocycles. The standard InChI is InChI=1S/C54H45N2OP/c1-58(2,57)45-23-14-21-43(36-45)42-20-13-22-44(35-42)50(56-54(55)41-18-7-4-8-19-41)34-29-37-27-30-40(31-28-37)51-47-25-11-12-26-48(47)52(39-16-5-3-6-17-39)53-46-24-10-9-15-38(46)32-33-49(51)53/h3-28,30-36,54,56H,29,55H2,1-2H3/b50-34-. The molecule has 1 atom stereocenters. The maximum absolute atomic E-state index is 12.9. The SMILES string of the molecule is CP(C)(=O)c1cccc(-c2cccc(/C(=C/Cc3ccc(-c4c5ccccc5c(-c5ccccc5)c5c4ccc4ccccc45)cc3)NC(N)c3ccccc3)c2)c1. The second-order valence-corrected chi connectivity index (χ2v) is 18.6. The van der Waals surface area contributed by atoms with Gasteiger partial charge in [0.05, 0.1) is 0 Å². The third-order valence-electron chi connectivity index (χ3n) is 11.2. The number of benzene rings is 9. The van der Waals surface area contributed by atoms with Crippen molar-refractivity contribution in [3.8, 4) is 33.4 Å². The highest BCUT2D eigenvalue weighted by molar-refractivity contribution is 7.70. The fraction of sp³-hybridized carbons (Fsp3) is 0.0741. The van der Waals surface area contributed by atoms with Crippen molar-refractivity contribution in [2.45, 2.75) is 12.6 Å². The summed E-state index contributed by atoms with van der Waals surface area (Å²) in [5, 5.41) is 12.0. The van der Waals surface area contributed by atoms with E-state index in [-0.39, 0.29) is 0 Å². The zero-order valence-electron chi connectivity index (χ0n) is 32.8. The van der Waals surface area contributed by atoms with Crippen molar-refractivity contribution in [2.24, 2.45) is 5.73 Å². The minimum absolute atomic E-state index is 0.399. The van der Waals surface area contributed by atoms with Gasteiger partial charge in [-0.1, -0.05) is 188 Å². The summed E-state index contributed by atoms with van der Waals surface area (Å²) in [6, 6.07) is 68.7. The predicted octanol–water partition coefficient (Wildman–Crippen LogP) is 13.2. The molecule has 4 heteroatoms. The Bertz CT molecular complexity index is 3000. The molecule has 9 aromatic rings. The smallest absolute Gasteiger partial charge is 0.109 e. The molecule has 0 aliphatic rings. The average Bonchev–Trinajstić information content (AvgIpc) is 3.27. The summed E-state index contributed by atoms with van der Waals surface area (Å²) >= 11 is 0. The highest BCUT2D eigenvalue weighted by atomic mass is 31.2. The van der Waals surface area contributed by atoms with Crippen LogP contribution in [0.15, 0.2) is 200 Å². The predicted molar refractivity (Wildman–Crippen MR) is 249 cm³/mol. The van der Waals surface area contributed by atoms with Gasteiger partial charge < -0.3 is 15.6 Å². The Morgan fingerprint density at radius 2 is 1.14 bits per heavy atom. The number of fused-ring (bicyclic) bond motifs is 4. The van der Waals surface area contributed by atoms with Gasteiger partial charge in [0.25, 0.3) is 0 Å². The first kappa shape index (κ1) is 37.1. The summed E-state index contributed by atoms with van der Waals surface area (Å²) < 4.78 is 12.9. The van der Waals surface area contributed by atoms with Gasteiger partial charge in [0, 0.05) is 11.0 Å². The molecule has 0 saturated carbocycles. The van der Waals surface area contributed by atoms with Gasteiger partial charge in [0.1, 0.15) is 13.3 Å². The number of rotatable bonds is 10. The lowest BCUT2D eigenvalue weighted by atomic mass is 9.84. The Morgan fingerprint density at radius 1 is 0.552 bits per heavy atom. The molecule has 282 valence electrons. The Morgan fingerprint density at radius 3 is 1.86 bits per heavy atom. The van der Waals surface area contributed by atoms with Gasteiger partial charge in [-0.05, 0) is 114 Å². The average molecular weight is 769 g/mol. The molecule has 9 aromatic carbocycles. The number of hydrogen-bond acceptors (Lipinski definition) is 3. The van der Waals surface area contributed by atoms with Gasteiger partial charge in [-0.2, -0.15) is 0 Å². The number of nitrogens with one attached hydrogen (secondary N) is 1. The largest absolute Gasteiger partial charge is 0.366 e. The first-order valence-corrected chi connectivity index (χ1v) is 22.5. The van der Waals surface area contributed by atoms with E-state index in [4.69, 9.17) is 5.73 Å². The van der Waals surface area contributed by atoms with E-state index in [2.05, 4.69) is 163 Å². The molecule has 0 aromatic heterocycles. The van der Waals surface area contributed by atoms with Crippen molar-refractivity contribution in [1.29, 1.82) is 0 Å². The molecule has 1 unspecified atom stereocenters. The van der Waals surface area contributed by atoms with Crippen molar-refractivity contribution in [3.63, 3.8) is 0 Å². The van der Waals surface area contributed by atoms with Crippen LogP contribution in [0, 0.1) is 0 Å². The first-order chi connectivity index (χ1) is 28.3. The lowest BCUT2D eigenvalue weighted by Gasteiger charge is -2.20. The Hall–Kier alpha value is -6.51. The maximum Gasteiger partial charge on any atom is 0.109 e. The number of allylic oxidation sites excluding steroid dienone is 1. The van der Waals surface area contributed by atoms with Gasteiger partial charge in [-0.25, -0.2) is 0 Å². The third-order valence-corrected chi connectivity index (χ3v) is 12.7. The summed E-state index contributed by atoms with van der Waals surface area (Å²) in [5.74, 6) is 0. The van der Waals surface area contributed by atoms with Gasteiger partial charge in [-0.3, -0.25) is 0 Å². The van der Waals surface area contributed by atoms with E-state index in [1.54, 1.807) is 0 Å². The molecule has 0 spiro atoms. The van der Waals surface area contributed by atoms with Crippen LogP contribution in [0.3, 0.4) is 0 Å². The summed E-state index contributed by atoms with van der Waals surface area (Å²) in [4.78, 5) is 0. The fourth-order valence-corrected chi connectivity index (χ4v) is 9.14. The van der Waals surface area contributed by atoms with E-state index in [9.17, 15) is 4.57 Å². The van der Waals surface area contributed by atoms with E-state index in [1.165, 1.54) is 60.1 Å². The van der Waals surface area contributed by atoms with Crippen molar-refractivity contribution < 1.29 is 4.57 Å². The van der Waals surface area contributed by atoms with Crippen LogP contribution in [0.2, 0.25) is 0 Å². The van der Waals surface area contributed by atoms with Gasteiger partial charge in [0.2, 0.25) is 0 Å². The van der Waals surface area contributed by atoms with Crippen LogP contribution in [0.25, 0.3) is 71.4 Å². The number of hydrogen-bond donors (Lipinski definition) is 2. The molecule has 0 bridgehead atoms. The van der Waals surface area contributed by atoms with Crippen LogP contribution in [0.4, 0.5) is 0 Å². The molecule has 58 heavy (non-hydrogen) atoms. The molecule has 0 radical (unpaired) electrons. The Kier molecular flexibility index (Phi) is 10.1. The second kappa shape index (κ2) is 15.8. The van der Waals surface area contributed by atoms with Crippen molar-refractivity contribution in [3.05, 3.63) is 217 Å². The Labute approximate surface area is 340 Å². The summed E-state index contributed by atoms with van der Waals surface area (Å²) in [7, 11) is -2.41. The van der Waals surface area contributed by atoms with Gasteiger partial charge in [-0.15, -0.1) is 0 Å². The van der Waals surface area contributed by atoms with Crippen LogP contribution >= 0.6 is 7.14 Å². The van der Waals surface area contributed by atoms with E-state index in [0.29, 0.717) is 6.42 Å². The monoisotopic (exact) mass is 768 g/mol. The van der Waals surface area contributed by atoms with Crippen LogP contribution in [0.1, 0.15) is 22.9 Å². The van der Waals surface area contributed by atoms with Gasteiger partial charge in [0.15, 0.2) is 0 Å². The Balaban J connectivity index is 1.12. The molecular weight excluding hydrogens is 724 g/mol. The van der Waals surface area contributed by atoms with Gasteiger partial charge >= 0.3 is 0 Å². The molecular formula is C54H45N2OP. The summed E-state index contributed by atoms with van der Waals surface area (Å²) in [5.41, 5.74) is 18.0. The molecule has 0 saturated heterocycles. The quantitative estimate of drug-likeness (QED) is 0.0630. The summed E-state index contributed by atoms with van der Waals surface area (Å²) in [6.07, 6.45) is 2.55. The third kappa shape index (κ3) is 7.39. The lowest BCUT2D eigenvalue weighted by Crippen LogP contribution is -2.27. The molecule has 3 N–H and O–H groups in total. The van der Waals surface area contributed by atoms with E-state index >= 15 is 0 Å². The fourth-order valence-electron chi connectivity index (χ4n) is 8.25. The zero-order valence-corrected chi connectivity index (χ0v) is 33.7. The van der Waals surface area contributed by atoms with Crippen LogP contribution in [-0.4, -0.2) is 13.3 Å². The van der Waals surface area contributed by atoms with E-state index in [0.717, 1.165) is 33.3 Å². The maximum atomic E-state index is 12.9.